The first-order valence-corrected chi connectivity index (χ1v) is 10.2. The Labute approximate surface area is 176 Å². The zero-order valence-electron chi connectivity index (χ0n) is 16.0. The second-order valence-electron chi connectivity index (χ2n) is 6.55. The van der Waals surface area contributed by atoms with E-state index in [0.717, 1.165) is 21.7 Å². The summed E-state index contributed by atoms with van der Waals surface area (Å²) in [6.45, 7) is 0.540. The number of benzene rings is 1. The smallest absolute Gasteiger partial charge is 0.260 e. The molecule has 0 aliphatic rings. The molecule has 4 rings (SSSR count). The molecule has 8 heteroatoms. The lowest BCUT2D eigenvalue weighted by Gasteiger charge is -2.02. The molecule has 4 aromatic rings. The molecule has 0 spiro atoms. The number of pyridine rings is 1. The number of amides is 1. The quantitative estimate of drug-likeness (QED) is 0.371. The van der Waals surface area contributed by atoms with Crippen molar-refractivity contribution in [2.75, 3.05) is 0 Å². The Hall–Kier alpha value is -3.78. The molecule has 0 unspecified atom stereocenters. The molecular weight excluding hydrogens is 398 g/mol. The molecule has 0 fully saturated rings. The van der Waals surface area contributed by atoms with E-state index in [1.807, 2.05) is 58.7 Å². The molecule has 1 aromatic carbocycles. The molecule has 1 amide bonds. The molecule has 0 bridgehead atoms. The third-order valence-corrected chi connectivity index (χ3v) is 5.21. The number of aromatic nitrogens is 3. The van der Waals surface area contributed by atoms with Crippen LogP contribution < -0.4 is 11.0 Å². The number of hydrazone groups is 1. The SMILES string of the molecule is O=C(Cn1ccccc1=O)N/N=C\c1cn(Cc2ccccc2)nc1-c1cccs1. The van der Waals surface area contributed by atoms with E-state index in [-0.39, 0.29) is 18.0 Å². The number of hydrogen-bond acceptors (Lipinski definition) is 5. The van der Waals surface area contributed by atoms with Crippen LogP contribution >= 0.6 is 11.3 Å². The van der Waals surface area contributed by atoms with Gasteiger partial charge >= 0.3 is 0 Å². The molecule has 0 atom stereocenters. The van der Waals surface area contributed by atoms with Gasteiger partial charge in [0, 0.05) is 24.0 Å². The van der Waals surface area contributed by atoms with Crippen LogP contribution in [-0.4, -0.2) is 26.5 Å². The van der Waals surface area contributed by atoms with Crippen LogP contribution in [0.3, 0.4) is 0 Å². The van der Waals surface area contributed by atoms with Crippen molar-refractivity contribution in [2.24, 2.45) is 5.10 Å². The van der Waals surface area contributed by atoms with Crippen LogP contribution in [0.15, 0.2) is 88.3 Å². The minimum Gasteiger partial charge on any atom is -0.306 e. The first kappa shape index (κ1) is 19.5. The highest BCUT2D eigenvalue weighted by atomic mass is 32.1. The zero-order chi connectivity index (χ0) is 20.8. The standard InChI is InChI=1S/C22H19N5O2S/c28-20(16-26-11-5-4-10-21(26)29)24-23-13-18-15-27(14-17-7-2-1-3-8-17)25-22(18)19-9-6-12-30-19/h1-13,15H,14,16H2,(H,24,28)/b23-13-. The Morgan fingerprint density at radius 1 is 1.10 bits per heavy atom. The van der Waals surface area contributed by atoms with Crippen LogP contribution in [0.4, 0.5) is 0 Å². The largest absolute Gasteiger partial charge is 0.306 e. The van der Waals surface area contributed by atoms with E-state index in [2.05, 4.69) is 10.5 Å². The predicted octanol–water partition coefficient (Wildman–Crippen LogP) is 2.97. The molecule has 3 heterocycles. The van der Waals surface area contributed by atoms with Gasteiger partial charge in [0.05, 0.1) is 17.6 Å². The van der Waals surface area contributed by atoms with Crippen LogP contribution in [0.5, 0.6) is 0 Å². The highest BCUT2D eigenvalue weighted by Gasteiger charge is 2.11. The molecule has 0 aliphatic heterocycles. The van der Waals surface area contributed by atoms with Crippen molar-refractivity contribution in [1.29, 1.82) is 0 Å². The molecular formula is C22H19N5O2S. The number of nitrogens with one attached hydrogen (secondary N) is 1. The van der Waals surface area contributed by atoms with Crippen molar-refractivity contribution < 1.29 is 4.79 Å². The van der Waals surface area contributed by atoms with Gasteiger partial charge in [-0.15, -0.1) is 11.3 Å². The van der Waals surface area contributed by atoms with Crippen molar-refractivity contribution >= 4 is 23.5 Å². The molecule has 150 valence electrons. The van der Waals surface area contributed by atoms with Gasteiger partial charge < -0.3 is 4.57 Å². The van der Waals surface area contributed by atoms with Gasteiger partial charge in [-0.25, -0.2) is 5.43 Å². The first-order chi connectivity index (χ1) is 14.7. The fourth-order valence-electron chi connectivity index (χ4n) is 2.94. The molecule has 0 radical (unpaired) electrons. The molecule has 30 heavy (non-hydrogen) atoms. The fourth-order valence-corrected chi connectivity index (χ4v) is 3.67. The number of hydrogen-bond donors (Lipinski definition) is 1. The van der Waals surface area contributed by atoms with E-state index in [0.29, 0.717) is 6.54 Å². The van der Waals surface area contributed by atoms with Crippen LogP contribution in [0, 0.1) is 0 Å². The van der Waals surface area contributed by atoms with Crippen LogP contribution in [0.25, 0.3) is 10.6 Å². The van der Waals surface area contributed by atoms with Gasteiger partial charge in [-0.3, -0.25) is 14.3 Å². The van der Waals surface area contributed by atoms with Gasteiger partial charge in [0.25, 0.3) is 11.5 Å². The summed E-state index contributed by atoms with van der Waals surface area (Å²) in [6, 6.07) is 18.8. The fraction of sp³-hybridized carbons (Fsp3) is 0.0909. The minimum absolute atomic E-state index is 0.0952. The second-order valence-corrected chi connectivity index (χ2v) is 7.50. The van der Waals surface area contributed by atoms with Crippen molar-refractivity contribution in [3.63, 3.8) is 0 Å². The molecule has 0 aliphatic carbocycles. The minimum atomic E-state index is -0.381. The van der Waals surface area contributed by atoms with Crippen molar-refractivity contribution in [3.8, 4) is 10.6 Å². The second kappa shape index (κ2) is 9.15. The molecule has 0 saturated carbocycles. The summed E-state index contributed by atoms with van der Waals surface area (Å²) >= 11 is 1.59. The van der Waals surface area contributed by atoms with E-state index in [9.17, 15) is 9.59 Å². The first-order valence-electron chi connectivity index (χ1n) is 9.32. The van der Waals surface area contributed by atoms with Crippen molar-refractivity contribution in [1.82, 2.24) is 19.8 Å². The summed E-state index contributed by atoms with van der Waals surface area (Å²) < 4.78 is 3.18. The van der Waals surface area contributed by atoms with E-state index in [4.69, 9.17) is 5.10 Å². The van der Waals surface area contributed by atoms with Crippen LogP contribution in [-0.2, 0) is 17.9 Å². The van der Waals surface area contributed by atoms with Gasteiger partial charge in [-0.2, -0.15) is 10.2 Å². The summed E-state index contributed by atoms with van der Waals surface area (Å²) in [5, 5.41) is 10.8. The third kappa shape index (κ3) is 4.79. The highest BCUT2D eigenvalue weighted by molar-refractivity contribution is 7.13. The molecule has 7 nitrogen and oxygen atoms in total. The lowest BCUT2D eigenvalue weighted by molar-refractivity contribution is -0.121. The maximum atomic E-state index is 12.1. The monoisotopic (exact) mass is 417 g/mol. The Bertz CT molecular complexity index is 1210. The normalized spacial score (nSPS) is 11.1. The van der Waals surface area contributed by atoms with Crippen molar-refractivity contribution in [3.05, 3.63) is 99.9 Å². The molecule has 0 saturated heterocycles. The zero-order valence-corrected chi connectivity index (χ0v) is 16.8. The summed E-state index contributed by atoms with van der Waals surface area (Å²) in [5.74, 6) is -0.381. The van der Waals surface area contributed by atoms with E-state index >= 15 is 0 Å². The number of rotatable bonds is 7. The van der Waals surface area contributed by atoms with Gasteiger partial charge in [-0.05, 0) is 23.1 Å². The predicted molar refractivity (Wildman–Crippen MR) is 118 cm³/mol. The average molecular weight is 417 g/mol. The lowest BCUT2D eigenvalue weighted by Crippen LogP contribution is -2.28. The van der Waals surface area contributed by atoms with Gasteiger partial charge in [-0.1, -0.05) is 42.5 Å². The number of nitrogens with zero attached hydrogens (tertiary/aromatic N) is 4. The van der Waals surface area contributed by atoms with Gasteiger partial charge in [0.1, 0.15) is 12.2 Å². The van der Waals surface area contributed by atoms with E-state index in [1.54, 1.807) is 35.9 Å². The van der Waals surface area contributed by atoms with Crippen LogP contribution in [0.1, 0.15) is 11.1 Å². The Morgan fingerprint density at radius 3 is 2.70 bits per heavy atom. The maximum absolute atomic E-state index is 12.1. The topological polar surface area (TPSA) is 81.3 Å². The Morgan fingerprint density at radius 2 is 1.93 bits per heavy atom. The summed E-state index contributed by atoms with van der Waals surface area (Å²) in [5.41, 5.74) is 4.98. The van der Waals surface area contributed by atoms with E-state index < -0.39 is 0 Å². The van der Waals surface area contributed by atoms with Gasteiger partial charge in [0.15, 0.2) is 0 Å². The van der Waals surface area contributed by atoms with Crippen LogP contribution in [0.2, 0.25) is 0 Å². The maximum Gasteiger partial charge on any atom is 0.260 e. The Kier molecular flexibility index (Phi) is 5.95. The molecule has 3 aromatic heterocycles. The number of thiophene rings is 1. The summed E-state index contributed by atoms with van der Waals surface area (Å²) in [7, 11) is 0. The van der Waals surface area contributed by atoms with E-state index in [1.165, 1.54) is 10.6 Å². The highest BCUT2D eigenvalue weighted by Crippen LogP contribution is 2.26. The Balaban J connectivity index is 1.50. The summed E-state index contributed by atoms with van der Waals surface area (Å²) in [6.07, 6.45) is 5.04. The molecule has 1 N–H and O–H groups in total. The summed E-state index contributed by atoms with van der Waals surface area (Å²) in [4.78, 5) is 24.8. The van der Waals surface area contributed by atoms with Gasteiger partial charge in [0.2, 0.25) is 0 Å². The average Bonchev–Trinajstić information content (AvgIpc) is 3.40. The number of carbonyl (C=O) groups is 1. The third-order valence-electron chi connectivity index (χ3n) is 4.34. The van der Waals surface area contributed by atoms with Crippen molar-refractivity contribution in [2.45, 2.75) is 13.1 Å². The lowest BCUT2D eigenvalue weighted by atomic mass is 10.2. The number of carbonyl (C=O) groups excluding carboxylic acids is 1.